The molecule has 3 unspecified atom stereocenters. The molecule has 19 heavy (non-hydrogen) atoms. The summed E-state index contributed by atoms with van der Waals surface area (Å²) in [6.07, 6.45) is 3.66. The molecule has 2 fully saturated rings. The third-order valence-electron chi connectivity index (χ3n) is 4.50. The first kappa shape index (κ1) is 12.5. The van der Waals surface area contributed by atoms with Crippen molar-refractivity contribution in [1.82, 2.24) is 5.32 Å². The highest BCUT2D eigenvalue weighted by atomic mass is 16.3. The lowest BCUT2D eigenvalue weighted by Gasteiger charge is -2.18. The molecule has 1 amide bonds. The lowest BCUT2D eigenvalue weighted by molar-refractivity contribution is -0.118. The summed E-state index contributed by atoms with van der Waals surface area (Å²) in [5.74, 6) is 1.46. The number of phenolic OH excluding ortho intramolecular Hbond substituents is 1. The van der Waals surface area contributed by atoms with Crippen molar-refractivity contribution < 1.29 is 9.90 Å². The summed E-state index contributed by atoms with van der Waals surface area (Å²) in [5.41, 5.74) is 1.67. The number of benzene rings is 1. The van der Waals surface area contributed by atoms with Gasteiger partial charge in [0.05, 0.1) is 6.04 Å². The van der Waals surface area contributed by atoms with Crippen LogP contribution in [0.2, 0.25) is 0 Å². The number of amides is 1. The van der Waals surface area contributed by atoms with E-state index in [9.17, 15) is 9.90 Å². The van der Waals surface area contributed by atoms with E-state index in [-0.39, 0.29) is 17.7 Å². The van der Waals surface area contributed by atoms with Crippen LogP contribution >= 0.6 is 0 Å². The molecular formula is C15H20N2O2. The summed E-state index contributed by atoms with van der Waals surface area (Å²) in [5, 5.41) is 15.7. The maximum absolute atomic E-state index is 12.4. The third-order valence-corrected chi connectivity index (χ3v) is 4.50. The summed E-state index contributed by atoms with van der Waals surface area (Å²) in [6.45, 7) is 2.85. The second-order valence-corrected chi connectivity index (χ2v) is 5.73. The number of anilines is 1. The van der Waals surface area contributed by atoms with Gasteiger partial charge in [-0.2, -0.15) is 0 Å². The molecule has 0 aromatic heterocycles. The summed E-state index contributed by atoms with van der Waals surface area (Å²) >= 11 is 0. The third kappa shape index (κ3) is 2.32. The van der Waals surface area contributed by atoms with E-state index in [1.807, 2.05) is 6.92 Å². The number of hydrogen-bond acceptors (Lipinski definition) is 3. The molecule has 102 valence electrons. The molecule has 1 aliphatic heterocycles. The Morgan fingerprint density at radius 2 is 2.26 bits per heavy atom. The van der Waals surface area contributed by atoms with E-state index >= 15 is 0 Å². The van der Waals surface area contributed by atoms with Gasteiger partial charge in [0, 0.05) is 5.69 Å². The number of phenols is 1. The van der Waals surface area contributed by atoms with Gasteiger partial charge in [-0.15, -0.1) is 0 Å². The molecule has 1 saturated heterocycles. The topological polar surface area (TPSA) is 61.4 Å². The minimum atomic E-state index is -0.0549. The first-order valence-corrected chi connectivity index (χ1v) is 6.99. The maximum atomic E-state index is 12.4. The zero-order valence-corrected chi connectivity index (χ0v) is 11.1. The van der Waals surface area contributed by atoms with Crippen LogP contribution in [0.3, 0.4) is 0 Å². The predicted octanol–water partition coefficient (Wildman–Crippen LogP) is 2.03. The highest BCUT2D eigenvalue weighted by Crippen LogP contribution is 2.38. The molecule has 3 rings (SSSR count). The van der Waals surface area contributed by atoms with E-state index in [4.69, 9.17) is 0 Å². The van der Waals surface area contributed by atoms with Gasteiger partial charge in [-0.05, 0) is 61.9 Å². The van der Waals surface area contributed by atoms with Gasteiger partial charge in [-0.1, -0.05) is 6.42 Å². The van der Waals surface area contributed by atoms with Crippen LogP contribution in [0.4, 0.5) is 5.69 Å². The van der Waals surface area contributed by atoms with Crippen molar-refractivity contribution in [3.63, 3.8) is 0 Å². The molecule has 1 saturated carbocycles. The number of fused-ring (bicyclic) bond motifs is 1. The molecule has 1 aromatic rings. The largest absolute Gasteiger partial charge is 0.508 e. The fourth-order valence-electron chi connectivity index (χ4n) is 3.47. The number of rotatable bonds is 2. The number of carbonyl (C=O) groups is 1. The van der Waals surface area contributed by atoms with Gasteiger partial charge < -0.3 is 15.7 Å². The van der Waals surface area contributed by atoms with Crippen LogP contribution < -0.4 is 10.6 Å². The van der Waals surface area contributed by atoms with Crippen molar-refractivity contribution >= 4 is 11.6 Å². The molecule has 0 spiro atoms. The van der Waals surface area contributed by atoms with Gasteiger partial charge in [-0.3, -0.25) is 4.79 Å². The SMILES string of the molecule is Cc1cc(O)ccc1NC(=O)C1NCC2CCCC21. The van der Waals surface area contributed by atoms with Crippen molar-refractivity contribution in [2.45, 2.75) is 32.2 Å². The van der Waals surface area contributed by atoms with Crippen LogP contribution in [0.5, 0.6) is 5.75 Å². The van der Waals surface area contributed by atoms with Crippen LogP contribution in [0.15, 0.2) is 18.2 Å². The van der Waals surface area contributed by atoms with Crippen LogP contribution in [0.1, 0.15) is 24.8 Å². The van der Waals surface area contributed by atoms with E-state index in [1.165, 1.54) is 12.8 Å². The Bertz CT molecular complexity index is 501. The van der Waals surface area contributed by atoms with Crippen molar-refractivity contribution in [3.05, 3.63) is 23.8 Å². The Balaban J connectivity index is 1.71. The van der Waals surface area contributed by atoms with Crippen LogP contribution in [0.25, 0.3) is 0 Å². The van der Waals surface area contributed by atoms with E-state index < -0.39 is 0 Å². The molecule has 1 heterocycles. The highest BCUT2D eigenvalue weighted by Gasteiger charge is 2.42. The molecule has 0 radical (unpaired) electrons. The van der Waals surface area contributed by atoms with Crippen LogP contribution in [-0.2, 0) is 4.79 Å². The highest BCUT2D eigenvalue weighted by molar-refractivity contribution is 5.96. The number of nitrogens with one attached hydrogen (secondary N) is 2. The van der Waals surface area contributed by atoms with Crippen molar-refractivity contribution in [2.75, 3.05) is 11.9 Å². The average Bonchev–Trinajstić information content (AvgIpc) is 2.94. The monoisotopic (exact) mass is 260 g/mol. The summed E-state index contributed by atoms with van der Waals surface area (Å²) in [6, 6.07) is 4.96. The quantitative estimate of drug-likeness (QED) is 0.713. The van der Waals surface area contributed by atoms with Crippen molar-refractivity contribution in [2.24, 2.45) is 11.8 Å². The fourth-order valence-corrected chi connectivity index (χ4v) is 3.47. The second-order valence-electron chi connectivity index (χ2n) is 5.73. The molecule has 2 aliphatic rings. The number of hydrogen-bond donors (Lipinski definition) is 3. The van der Waals surface area contributed by atoms with E-state index in [1.54, 1.807) is 18.2 Å². The first-order chi connectivity index (χ1) is 9.15. The lowest BCUT2D eigenvalue weighted by atomic mass is 9.93. The summed E-state index contributed by atoms with van der Waals surface area (Å²) < 4.78 is 0. The van der Waals surface area contributed by atoms with Crippen LogP contribution in [0, 0.1) is 18.8 Å². The summed E-state index contributed by atoms with van der Waals surface area (Å²) in [7, 11) is 0. The van der Waals surface area contributed by atoms with Crippen molar-refractivity contribution in [3.8, 4) is 5.75 Å². The molecule has 1 aromatic carbocycles. The van der Waals surface area contributed by atoms with E-state index in [0.29, 0.717) is 11.8 Å². The Morgan fingerprint density at radius 3 is 3.05 bits per heavy atom. The minimum absolute atomic E-state index is 0.0549. The van der Waals surface area contributed by atoms with Gasteiger partial charge in [-0.25, -0.2) is 0 Å². The van der Waals surface area contributed by atoms with E-state index in [0.717, 1.165) is 24.2 Å². The van der Waals surface area contributed by atoms with Gasteiger partial charge in [0.1, 0.15) is 5.75 Å². The Morgan fingerprint density at radius 1 is 1.42 bits per heavy atom. The molecule has 1 aliphatic carbocycles. The standard InChI is InChI=1S/C15H20N2O2/c1-9-7-11(18)5-6-13(9)17-15(19)14-12-4-2-3-10(12)8-16-14/h5-7,10,12,14,16,18H,2-4,8H2,1H3,(H,17,19). The summed E-state index contributed by atoms with van der Waals surface area (Å²) in [4.78, 5) is 12.4. The van der Waals surface area contributed by atoms with E-state index in [2.05, 4.69) is 10.6 Å². The predicted molar refractivity (Wildman–Crippen MR) is 74.1 cm³/mol. The Kier molecular flexibility index (Phi) is 3.19. The molecule has 3 atom stereocenters. The molecular weight excluding hydrogens is 240 g/mol. The van der Waals surface area contributed by atoms with Gasteiger partial charge in [0.2, 0.25) is 5.91 Å². The molecule has 4 nitrogen and oxygen atoms in total. The molecule has 4 heteroatoms. The minimum Gasteiger partial charge on any atom is -0.508 e. The Labute approximate surface area is 113 Å². The van der Waals surface area contributed by atoms with Gasteiger partial charge in [0.25, 0.3) is 0 Å². The number of aryl methyl sites for hydroxylation is 1. The zero-order valence-electron chi connectivity index (χ0n) is 11.1. The average molecular weight is 260 g/mol. The Hall–Kier alpha value is -1.55. The van der Waals surface area contributed by atoms with Gasteiger partial charge in [0.15, 0.2) is 0 Å². The smallest absolute Gasteiger partial charge is 0.241 e. The molecule has 3 N–H and O–H groups in total. The molecule has 0 bridgehead atoms. The number of aromatic hydroxyl groups is 1. The van der Waals surface area contributed by atoms with Crippen molar-refractivity contribution in [1.29, 1.82) is 0 Å². The number of carbonyl (C=O) groups excluding carboxylic acids is 1. The zero-order chi connectivity index (χ0) is 13.4. The van der Waals surface area contributed by atoms with Gasteiger partial charge >= 0.3 is 0 Å². The lowest BCUT2D eigenvalue weighted by Crippen LogP contribution is -2.39. The normalized spacial score (nSPS) is 29.2. The first-order valence-electron chi connectivity index (χ1n) is 6.99. The second kappa shape index (κ2) is 4.85. The maximum Gasteiger partial charge on any atom is 0.241 e. The fraction of sp³-hybridized carbons (Fsp3) is 0.533. The van der Waals surface area contributed by atoms with Crippen LogP contribution in [-0.4, -0.2) is 23.6 Å².